The van der Waals surface area contributed by atoms with Crippen LogP contribution >= 0.6 is 0 Å². The zero-order valence-electron chi connectivity index (χ0n) is 8.38. The fourth-order valence-electron chi connectivity index (χ4n) is 1.62. The van der Waals surface area contributed by atoms with E-state index in [-0.39, 0.29) is 0 Å². The zero-order chi connectivity index (χ0) is 11.1. The maximum absolute atomic E-state index is 5.76. The minimum atomic E-state index is 0.373. The molecule has 0 saturated carbocycles. The van der Waals surface area contributed by atoms with Crippen molar-refractivity contribution in [1.82, 2.24) is 19.7 Å². The van der Waals surface area contributed by atoms with Gasteiger partial charge in [-0.15, -0.1) is 5.10 Å². The van der Waals surface area contributed by atoms with Crippen molar-refractivity contribution in [1.29, 1.82) is 0 Å². The first-order chi connectivity index (χ1) is 7.74. The summed E-state index contributed by atoms with van der Waals surface area (Å²) in [5, 5.41) is 4.05. The van der Waals surface area contributed by atoms with E-state index in [9.17, 15) is 0 Å². The number of benzene rings is 1. The first-order valence-corrected chi connectivity index (χ1v) is 4.80. The third-order valence-electron chi connectivity index (χ3n) is 2.33. The number of aromatic nitrogens is 4. The molecular formula is C10H10N6. The molecule has 0 spiro atoms. The molecule has 0 fully saturated rings. The summed E-state index contributed by atoms with van der Waals surface area (Å²) in [5.41, 5.74) is 13.1. The van der Waals surface area contributed by atoms with Gasteiger partial charge in [0.25, 0.3) is 0 Å². The number of nitrogens with two attached hydrogens (primary N) is 2. The van der Waals surface area contributed by atoms with Crippen molar-refractivity contribution in [3.8, 4) is 5.95 Å². The van der Waals surface area contributed by atoms with Crippen LogP contribution in [0.4, 0.5) is 11.6 Å². The van der Waals surface area contributed by atoms with Gasteiger partial charge in [0.15, 0.2) is 0 Å². The number of hydrogen-bond acceptors (Lipinski definition) is 4. The van der Waals surface area contributed by atoms with E-state index in [1.807, 2.05) is 24.3 Å². The summed E-state index contributed by atoms with van der Waals surface area (Å²) in [4.78, 5) is 7.49. The molecule has 80 valence electrons. The first kappa shape index (κ1) is 8.78. The van der Waals surface area contributed by atoms with Gasteiger partial charge >= 0.3 is 0 Å². The third-order valence-corrected chi connectivity index (χ3v) is 2.33. The summed E-state index contributed by atoms with van der Waals surface area (Å²) < 4.78 is 1.48. The van der Waals surface area contributed by atoms with Gasteiger partial charge in [-0.3, -0.25) is 0 Å². The van der Waals surface area contributed by atoms with Crippen molar-refractivity contribution in [2.75, 3.05) is 11.5 Å². The largest absolute Gasteiger partial charge is 0.383 e. The summed E-state index contributed by atoms with van der Waals surface area (Å²) >= 11 is 0. The van der Waals surface area contributed by atoms with Gasteiger partial charge in [-0.25, -0.2) is 4.98 Å². The normalized spacial score (nSPS) is 11.0. The topological polar surface area (TPSA) is 98.5 Å². The number of imidazole rings is 1. The molecule has 2 aromatic heterocycles. The summed E-state index contributed by atoms with van der Waals surface area (Å²) in [7, 11) is 0. The van der Waals surface area contributed by atoms with Crippen LogP contribution in [0, 0.1) is 0 Å². The molecule has 3 rings (SSSR count). The van der Waals surface area contributed by atoms with Gasteiger partial charge in [0.05, 0.1) is 11.0 Å². The number of nitrogens with zero attached hydrogens (tertiary/aromatic N) is 3. The number of aromatic amines is 1. The summed E-state index contributed by atoms with van der Waals surface area (Å²) in [6, 6.07) is 9.30. The Morgan fingerprint density at radius 2 is 2.00 bits per heavy atom. The van der Waals surface area contributed by atoms with E-state index in [0.29, 0.717) is 17.6 Å². The highest BCUT2D eigenvalue weighted by atomic mass is 15.4. The molecule has 5 N–H and O–H groups in total. The molecule has 2 heterocycles. The van der Waals surface area contributed by atoms with Crippen LogP contribution in [0.3, 0.4) is 0 Å². The van der Waals surface area contributed by atoms with E-state index in [1.54, 1.807) is 6.07 Å². The lowest BCUT2D eigenvalue weighted by Gasteiger charge is -1.96. The van der Waals surface area contributed by atoms with E-state index in [4.69, 9.17) is 11.5 Å². The van der Waals surface area contributed by atoms with Crippen LogP contribution in [0.15, 0.2) is 30.3 Å². The van der Waals surface area contributed by atoms with Crippen LogP contribution in [0.2, 0.25) is 0 Å². The standard InChI is InChI=1S/C10H10N6/c11-8-5-9(12)16(15-8)10-13-6-3-1-2-4-7(6)14-10/h1-5H,12H2,(H2,11,15)(H,13,14). The van der Waals surface area contributed by atoms with Gasteiger partial charge in [0, 0.05) is 6.07 Å². The monoisotopic (exact) mass is 214 g/mol. The Morgan fingerprint density at radius 1 is 1.19 bits per heavy atom. The Hall–Kier alpha value is -2.50. The second kappa shape index (κ2) is 2.99. The lowest BCUT2D eigenvalue weighted by atomic mass is 10.3. The molecule has 6 heteroatoms. The van der Waals surface area contributed by atoms with E-state index >= 15 is 0 Å². The van der Waals surface area contributed by atoms with Crippen LogP contribution in [0.5, 0.6) is 0 Å². The highest BCUT2D eigenvalue weighted by molar-refractivity contribution is 5.76. The first-order valence-electron chi connectivity index (χ1n) is 4.80. The predicted octanol–water partition coefficient (Wildman–Crippen LogP) is 0.913. The van der Waals surface area contributed by atoms with Crippen molar-refractivity contribution in [2.45, 2.75) is 0 Å². The number of anilines is 2. The predicted molar refractivity (Wildman–Crippen MR) is 62.0 cm³/mol. The smallest absolute Gasteiger partial charge is 0.231 e. The fraction of sp³-hybridized carbons (Fsp3) is 0. The molecule has 0 amide bonds. The lowest BCUT2D eigenvalue weighted by Crippen LogP contribution is -2.03. The maximum atomic E-state index is 5.76. The molecule has 0 saturated heterocycles. The summed E-state index contributed by atoms with van der Waals surface area (Å²) in [5.74, 6) is 1.39. The Kier molecular flexibility index (Phi) is 1.64. The van der Waals surface area contributed by atoms with E-state index in [2.05, 4.69) is 15.1 Å². The highest BCUT2D eigenvalue weighted by Crippen LogP contribution is 2.16. The second-order valence-corrected chi connectivity index (χ2v) is 3.48. The number of H-pyrrole nitrogens is 1. The number of nitrogens with one attached hydrogen (secondary N) is 1. The summed E-state index contributed by atoms with van der Waals surface area (Å²) in [6.45, 7) is 0. The molecule has 16 heavy (non-hydrogen) atoms. The van der Waals surface area contributed by atoms with Gasteiger partial charge in [0.2, 0.25) is 5.95 Å². The molecule has 0 unspecified atom stereocenters. The number of rotatable bonds is 1. The van der Waals surface area contributed by atoms with Gasteiger partial charge in [-0.2, -0.15) is 4.68 Å². The van der Waals surface area contributed by atoms with E-state index in [1.165, 1.54) is 4.68 Å². The van der Waals surface area contributed by atoms with Crippen molar-refractivity contribution in [3.63, 3.8) is 0 Å². The van der Waals surface area contributed by atoms with Crippen molar-refractivity contribution < 1.29 is 0 Å². The number of fused-ring (bicyclic) bond motifs is 1. The van der Waals surface area contributed by atoms with Crippen LogP contribution in [0.25, 0.3) is 17.0 Å². The summed E-state index contributed by atoms with van der Waals surface area (Å²) in [6.07, 6.45) is 0. The van der Waals surface area contributed by atoms with E-state index < -0.39 is 0 Å². The molecule has 1 aromatic carbocycles. The molecule has 0 aliphatic heterocycles. The van der Waals surface area contributed by atoms with Crippen LogP contribution in [0.1, 0.15) is 0 Å². The minimum absolute atomic E-state index is 0.373. The van der Waals surface area contributed by atoms with Crippen LogP contribution < -0.4 is 11.5 Å². The minimum Gasteiger partial charge on any atom is -0.383 e. The van der Waals surface area contributed by atoms with Crippen molar-refractivity contribution in [3.05, 3.63) is 30.3 Å². The van der Waals surface area contributed by atoms with Crippen LogP contribution in [-0.4, -0.2) is 19.7 Å². The number of hydrogen-bond donors (Lipinski definition) is 3. The van der Waals surface area contributed by atoms with Crippen LogP contribution in [-0.2, 0) is 0 Å². The van der Waals surface area contributed by atoms with E-state index in [0.717, 1.165) is 11.0 Å². The Morgan fingerprint density at radius 3 is 2.69 bits per heavy atom. The molecule has 0 radical (unpaired) electrons. The van der Waals surface area contributed by atoms with Gasteiger partial charge in [-0.05, 0) is 12.1 Å². The molecule has 0 atom stereocenters. The maximum Gasteiger partial charge on any atom is 0.231 e. The fourth-order valence-corrected chi connectivity index (χ4v) is 1.62. The van der Waals surface area contributed by atoms with Crippen molar-refractivity contribution >= 4 is 22.7 Å². The van der Waals surface area contributed by atoms with Gasteiger partial charge < -0.3 is 16.5 Å². The molecule has 3 aromatic rings. The highest BCUT2D eigenvalue weighted by Gasteiger charge is 2.08. The number of para-hydroxylation sites is 2. The quantitative estimate of drug-likeness (QED) is 0.560. The zero-order valence-corrected chi connectivity index (χ0v) is 8.38. The van der Waals surface area contributed by atoms with Gasteiger partial charge in [0.1, 0.15) is 11.6 Å². The molecule has 0 aliphatic rings. The SMILES string of the molecule is Nc1cc(N)n(-c2nc3ccccc3[nH]2)n1. The van der Waals surface area contributed by atoms with Crippen molar-refractivity contribution in [2.24, 2.45) is 0 Å². The average Bonchev–Trinajstić information content (AvgIpc) is 2.81. The Labute approximate surface area is 90.9 Å². The van der Waals surface area contributed by atoms with Gasteiger partial charge in [-0.1, -0.05) is 12.1 Å². The number of nitrogen functional groups attached to an aromatic ring is 2. The molecule has 0 aliphatic carbocycles. The lowest BCUT2D eigenvalue weighted by molar-refractivity contribution is 0.843. The third kappa shape index (κ3) is 1.20. The Balaban J connectivity index is 2.22. The average molecular weight is 214 g/mol. The molecule has 0 bridgehead atoms. The Bertz CT molecular complexity index is 617. The molecular weight excluding hydrogens is 204 g/mol. The second-order valence-electron chi connectivity index (χ2n) is 3.48. The molecule has 6 nitrogen and oxygen atoms in total.